The molecule has 0 atom stereocenters. The quantitative estimate of drug-likeness (QED) is 0.463. The first-order chi connectivity index (χ1) is 13.0. The van der Waals surface area contributed by atoms with E-state index in [1.54, 1.807) is 32.2 Å². The molecule has 0 fully saturated rings. The fourth-order valence-corrected chi connectivity index (χ4v) is 2.47. The maximum Gasteiger partial charge on any atom is 0.341 e. The SMILES string of the molecule is CN=C(NCc1ccc(C)c(F)c1)NCc1ccc(OC)c(C(=O)OC)c1. The number of ether oxygens (including phenoxy) is 2. The van der Waals surface area contributed by atoms with E-state index >= 15 is 0 Å². The largest absolute Gasteiger partial charge is 0.496 e. The van der Waals surface area contributed by atoms with Crippen molar-refractivity contribution in [3.8, 4) is 5.75 Å². The topological polar surface area (TPSA) is 72.0 Å². The van der Waals surface area contributed by atoms with E-state index in [4.69, 9.17) is 9.47 Å². The average Bonchev–Trinajstić information content (AvgIpc) is 2.69. The summed E-state index contributed by atoms with van der Waals surface area (Å²) in [6.45, 7) is 2.60. The second-order valence-electron chi connectivity index (χ2n) is 5.89. The molecule has 0 aromatic heterocycles. The lowest BCUT2D eigenvalue weighted by molar-refractivity contribution is 0.0597. The zero-order chi connectivity index (χ0) is 19.8. The van der Waals surface area contributed by atoms with Crippen LogP contribution < -0.4 is 15.4 Å². The van der Waals surface area contributed by atoms with Crippen molar-refractivity contribution in [3.05, 3.63) is 64.5 Å². The van der Waals surface area contributed by atoms with Gasteiger partial charge in [0, 0.05) is 20.1 Å². The third kappa shape index (κ3) is 5.44. The van der Waals surface area contributed by atoms with Gasteiger partial charge in [0.15, 0.2) is 5.96 Å². The number of aliphatic imine (C=N–C) groups is 1. The molecule has 0 heterocycles. The van der Waals surface area contributed by atoms with Crippen LogP contribution in [-0.2, 0) is 17.8 Å². The summed E-state index contributed by atoms with van der Waals surface area (Å²) in [5, 5.41) is 6.29. The molecule has 0 amide bonds. The van der Waals surface area contributed by atoms with Crippen LogP contribution in [0.15, 0.2) is 41.4 Å². The molecule has 0 saturated heterocycles. The first-order valence-electron chi connectivity index (χ1n) is 8.43. The van der Waals surface area contributed by atoms with Crippen LogP contribution in [0, 0.1) is 12.7 Å². The zero-order valence-corrected chi connectivity index (χ0v) is 15.9. The number of halogens is 1. The molecule has 2 rings (SSSR count). The van der Waals surface area contributed by atoms with Crippen LogP contribution in [0.25, 0.3) is 0 Å². The molecule has 0 saturated carbocycles. The lowest BCUT2D eigenvalue weighted by atomic mass is 10.1. The number of carbonyl (C=O) groups excluding carboxylic acids is 1. The van der Waals surface area contributed by atoms with Gasteiger partial charge in [-0.2, -0.15) is 0 Å². The van der Waals surface area contributed by atoms with Crippen LogP contribution >= 0.6 is 0 Å². The maximum atomic E-state index is 13.6. The fraction of sp³-hybridized carbons (Fsp3) is 0.300. The van der Waals surface area contributed by atoms with Crippen molar-refractivity contribution in [2.75, 3.05) is 21.3 Å². The van der Waals surface area contributed by atoms with Gasteiger partial charge < -0.3 is 20.1 Å². The molecule has 0 aliphatic carbocycles. The number of rotatable bonds is 6. The van der Waals surface area contributed by atoms with Crippen molar-refractivity contribution in [1.82, 2.24) is 10.6 Å². The van der Waals surface area contributed by atoms with Crippen LogP contribution in [0.4, 0.5) is 4.39 Å². The molecular formula is C20H24FN3O3. The van der Waals surface area contributed by atoms with Gasteiger partial charge in [0.1, 0.15) is 17.1 Å². The first kappa shape index (κ1) is 20.2. The molecule has 0 radical (unpaired) electrons. The summed E-state index contributed by atoms with van der Waals surface area (Å²) in [5.41, 5.74) is 2.65. The number of carbonyl (C=O) groups is 1. The molecule has 0 unspecified atom stereocenters. The number of guanidine groups is 1. The van der Waals surface area contributed by atoms with Gasteiger partial charge >= 0.3 is 5.97 Å². The van der Waals surface area contributed by atoms with Crippen LogP contribution in [0.2, 0.25) is 0 Å². The van der Waals surface area contributed by atoms with E-state index in [-0.39, 0.29) is 5.82 Å². The highest BCUT2D eigenvalue weighted by molar-refractivity contribution is 5.92. The van der Waals surface area contributed by atoms with E-state index in [1.165, 1.54) is 20.3 Å². The van der Waals surface area contributed by atoms with E-state index in [0.717, 1.165) is 11.1 Å². The minimum Gasteiger partial charge on any atom is -0.496 e. The Bertz CT molecular complexity index is 837. The number of nitrogens with zero attached hydrogens (tertiary/aromatic N) is 1. The van der Waals surface area contributed by atoms with Crippen LogP contribution in [0.3, 0.4) is 0 Å². The molecule has 27 heavy (non-hydrogen) atoms. The molecule has 0 aliphatic heterocycles. The van der Waals surface area contributed by atoms with Crippen LogP contribution in [0.1, 0.15) is 27.0 Å². The number of aryl methyl sites for hydroxylation is 1. The Labute approximate surface area is 158 Å². The predicted octanol–water partition coefficient (Wildman–Crippen LogP) is 2.79. The molecule has 6 nitrogen and oxygen atoms in total. The summed E-state index contributed by atoms with van der Waals surface area (Å²) >= 11 is 0. The van der Waals surface area contributed by atoms with Gasteiger partial charge in [0.05, 0.1) is 14.2 Å². The fourth-order valence-electron chi connectivity index (χ4n) is 2.47. The lowest BCUT2D eigenvalue weighted by Gasteiger charge is -2.14. The van der Waals surface area contributed by atoms with Gasteiger partial charge in [-0.1, -0.05) is 18.2 Å². The highest BCUT2D eigenvalue weighted by Crippen LogP contribution is 2.20. The Balaban J connectivity index is 1.99. The van der Waals surface area contributed by atoms with E-state index in [0.29, 0.717) is 35.9 Å². The van der Waals surface area contributed by atoms with Crippen molar-refractivity contribution in [1.29, 1.82) is 0 Å². The van der Waals surface area contributed by atoms with Crippen molar-refractivity contribution in [2.24, 2.45) is 4.99 Å². The third-order valence-electron chi connectivity index (χ3n) is 4.05. The van der Waals surface area contributed by atoms with Gasteiger partial charge in [-0.05, 0) is 41.8 Å². The molecule has 144 valence electrons. The number of hydrogen-bond donors (Lipinski definition) is 2. The highest BCUT2D eigenvalue weighted by atomic mass is 19.1. The average molecular weight is 373 g/mol. The number of benzene rings is 2. The Hall–Kier alpha value is -3.09. The maximum absolute atomic E-state index is 13.6. The predicted molar refractivity (Wildman–Crippen MR) is 103 cm³/mol. The van der Waals surface area contributed by atoms with Crippen molar-refractivity contribution >= 4 is 11.9 Å². The molecular weight excluding hydrogens is 349 g/mol. The summed E-state index contributed by atoms with van der Waals surface area (Å²) in [7, 11) is 4.48. The summed E-state index contributed by atoms with van der Waals surface area (Å²) in [5.74, 6) is 0.323. The molecule has 7 heteroatoms. The zero-order valence-electron chi connectivity index (χ0n) is 15.9. The third-order valence-corrected chi connectivity index (χ3v) is 4.05. The Kier molecular flexibility index (Phi) is 7.16. The number of methoxy groups -OCH3 is 2. The Morgan fingerprint density at radius 2 is 1.70 bits per heavy atom. The molecule has 0 spiro atoms. The second kappa shape index (κ2) is 9.56. The van der Waals surface area contributed by atoms with E-state index in [9.17, 15) is 9.18 Å². The van der Waals surface area contributed by atoms with Crippen molar-refractivity contribution in [2.45, 2.75) is 20.0 Å². The lowest BCUT2D eigenvalue weighted by Crippen LogP contribution is -2.36. The summed E-state index contributed by atoms with van der Waals surface area (Å²) in [6, 6.07) is 10.4. The highest BCUT2D eigenvalue weighted by Gasteiger charge is 2.13. The molecule has 0 aliphatic rings. The molecule has 2 N–H and O–H groups in total. The summed E-state index contributed by atoms with van der Waals surface area (Å²) in [4.78, 5) is 16.0. The number of nitrogens with one attached hydrogen (secondary N) is 2. The number of hydrogen-bond acceptors (Lipinski definition) is 4. The first-order valence-corrected chi connectivity index (χ1v) is 8.43. The Morgan fingerprint density at radius 1 is 1.07 bits per heavy atom. The number of esters is 1. The molecule has 2 aromatic rings. The second-order valence-corrected chi connectivity index (χ2v) is 5.89. The van der Waals surface area contributed by atoms with E-state index in [2.05, 4.69) is 15.6 Å². The minimum absolute atomic E-state index is 0.231. The van der Waals surface area contributed by atoms with Gasteiger partial charge in [-0.3, -0.25) is 4.99 Å². The summed E-state index contributed by atoms with van der Waals surface area (Å²) < 4.78 is 23.6. The monoisotopic (exact) mass is 373 g/mol. The molecule has 0 bridgehead atoms. The van der Waals surface area contributed by atoms with Crippen LogP contribution in [0.5, 0.6) is 5.75 Å². The Morgan fingerprint density at radius 3 is 2.26 bits per heavy atom. The van der Waals surface area contributed by atoms with Gasteiger partial charge in [0.2, 0.25) is 0 Å². The molecule has 2 aromatic carbocycles. The van der Waals surface area contributed by atoms with E-state index < -0.39 is 5.97 Å². The minimum atomic E-state index is -0.461. The van der Waals surface area contributed by atoms with Gasteiger partial charge in [0.25, 0.3) is 0 Å². The van der Waals surface area contributed by atoms with Crippen molar-refractivity contribution < 1.29 is 18.7 Å². The van der Waals surface area contributed by atoms with Crippen LogP contribution in [-0.4, -0.2) is 33.2 Å². The van der Waals surface area contributed by atoms with Gasteiger partial charge in [-0.15, -0.1) is 0 Å². The van der Waals surface area contributed by atoms with Gasteiger partial charge in [-0.25, -0.2) is 9.18 Å². The normalized spacial score (nSPS) is 11.1. The standard InChI is InChI=1S/C20H24FN3O3/c1-13-5-6-15(10-17(13)21)12-24-20(22-2)23-11-14-7-8-18(26-3)16(9-14)19(25)27-4/h5-10H,11-12H2,1-4H3,(H2,22,23,24). The smallest absolute Gasteiger partial charge is 0.341 e. The van der Waals surface area contributed by atoms with E-state index in [1.807, 2.05) is 12.1 Å². The summed E-state index contributed by atoms with van der Waals surface area (Å²) in [6.07, 6.45) is 0. The van der Waals surface area contributed by atoms with Crippen molar-refractivity contribution in [3.63, 3.8) is 0 Å².